The maximum atomic E-state index is 11.4. The molecule has 19 heavy (non-hydrogen) atoms. The van der Waals surface area contributed by atoms with Crippen LogP contribution in [0.25, 0.3) is 0 Å². The molecule has 0 bridgehead atoms. The minimum atomic E-state index is -0.312. The van der Waals surface area contributed by atoms with E-state index in [9.17, 15) is 4.79 Å². The van der Waals surface area contributed by atoms with Gasteiger partial charge in [0.05, 0.1) is 13.2 Å². The third-order valence-electron chi connectivity index (χ3n) is 2.92. The predicted molar refractivity (Wildman–Crippen MR) is 73.8 cm³/mol. The number of amides is 1. The molecule has 0 aliphatic carbocycles. The van der Waals surface area contributed by atoms with Crippen LogP contribution in [0.4, 0.5) is 0 Å². The molecule has 0 spiro atoms. The van der Waals surface area contributed by atoms with Crippen molar-refractivity contribution in [3.8, 4) is 11.8 Å². The molecular weight excluding hydrogens is 240 g/mol. The van der Waals surface area contributed by atoms with Crippen LogP contribution in [0, 0.1) is 11.3 Å². The van der Waals surface area contributed by atoms with E-state index in [1.165, 1.54) is 5.56 Å². The van der Waals surface area contributed by atoms with E-state index in [0.717, 1.165) is 18.6 Å². The van der Waals surface area contributed by atoms with Crippen molar-refractivity contribution in [2.75, 3.05) is 7.11 Å². The van der Waals surface area contributed by atoms with Gasteiger partial charge in [-0.15, -0.1) is 0 Å². The number of methoxy groups -OCH3 is 1. The zero-order valence-electron chi connectivity index (χ0n) is 11.7. The van der Waals surface area contributed by atoms with Gasteiger partial charge in [-0.1, -0.05) is 12.1 Å². The van der Waals surface area contributed by atoms with Gasteiger partial charge in [0.1, 0.15) is 12.2 Å². The SMILES string of the molecule is COc1ccc(CCC(C)(C)NC(=O)CC#N)cc1. The summed E-state index contributed by atoms with van der Waals surface area (Å²) in [6, 6.07) is 9.74. The highest BCUT2D eigenvalue weighted by Crippen LogP contribution is 2.16. The molecule has 0 unspecified atom stereocenters. The van der Waals surface area contributed by atoms with Gasteiger partial charge in [0.2, 0.25) is 5.91 Å². The average Bonchev–Trinajstić information content (AvgIpc) is 2.37. The topological polar surface area (TPSA) is 62.1 Å². The van der Waals surface area contributed by atoms with E-state index in [2.05, 4.69) is 5.32 Å². The number of hydrogen-bond acceptors (Lipinski definition) is 3. The van der Waals surface area contributed by atoms with Gasteiger partial charge in [-0.05, 0) is 44.4 Å². The first kappa shape index (κ1) is 15.0. The van der Waals surface area contributed by atoms with Gasteiger partial charge < -0.3 is 10.1 Å². The van der Waals surface area contributed by atoms with E-state index in [0.29, 0.717) is 0 Å². The normalized spacial score (nSPS) is 10.6. The molecule has 0 aliphatic heterocycles. The number of rotatable bonds is 6. The third-order valence-corrected chi connectivity index (χ3v) is 2.92. The third kappa shape index (κ3) is 5.43. The van der Waals surface area contributed by atoms with Gasteiger partial charge in [0.15, 0.2) is 0 Å². The second-order valence-electron chi connectivity index (χ2n) is 5.12. The quantitative estimate of drug-likeness (QED) is 0.854. The number of carbonyl (C=O) groups excluding carboxylic acids is 1. The van der Waals surface area contributed by atoms with Crippen molar-refractivity contribution in [2.24, 2.45) is 0 Å². The number of nitriles is 1. The molecule has 0 heterocycles. The summed E-state index contributed by atoms with van der Waals surface area (Å²) in [6.45, 7) is 3.93. The van der Waals surface area contributed by atoms with Crippen molar-refractivity contribution >= 4 is 5.91 Å². The Balaban J connectivity index is 2.49. The van der Waals surface area contributed by atoms with Crippen LogP contribution in [0.2, 0.25) is 0 Å². The molecule has 0 aliphatic rings. The van der Waals surface area contributed by atoms with E-state index >= 15 is 0 Å². The van der Waals surface area contributed by atoms with Gasteiger partial charge >= 0.3 is 0 Å². The summed E-state index contributed by atoms with van der Waals surface area (Å²) in [5, 5.41) is 11.3. The van der Waals surface area contributed by atoms with Gasteiger partial charge in [-0.25, -0.2) is 0 Å². The molecule has 1 amide bonds. The Labute approximate surface area is 114 Å². The van der Waals surface area contributed by atoms with Gasteiger partial charge in [-0.2, -0.15) is 5.26 Å². The molecule has 1 aromatic carbocycles. The maximum Gasteiger partial charge on any atom is 0.234 e. The smallest absolute Gasteiger partial charge is 0.234 e. The molecule has 0 saturated carbocycles. The van der Waals surface area contributed by atoms with Crippen LogP contribution in [0.5, 0.6) is 5.75 Å². The van der Waals surface area contributed by atoms with Crippen molar-refractivity contribution < 1.29 is 9.53 Å². The van der Waals surface area contributed by atoms with Crippen molar-refractivity contribution in [2.45, 2.75) is 38.6 Å². The number of carbonyl (C=O) groups is 1. The number of nitrogens with one attached hydrogen (secondary N) is 1. The molecule has 1 N–H and O–H groups in total. The second kappa shape index (κ2) is 6.79. The van der Waals surface area contributed by atoms with E-state index in [1.807, 2.05) is 44.2 Å². The summed E-state index contributed by atoms with van der Waals surface area (Å²) in [5.41, 5.74) is 0.886. The van der Waals surface area contributed by atoms with E-state index < -0.39 is 0 Å². The summed E-state index contributed by atoms with van der Waals surface area (Å²) < 4.78 is 5.11. The molecule has 1 rings (SSSR count). The Morgan fingerprint density at radius 1 is 1.37 bits per heavy atom. The highest BCUT2D eigenvalue weighted by atomic mass is 16.5. The number of hydrogen-bond donors (Lipinski definition) is 1. The number of nitrogens with zero attached hydrogens (tertiary/aromatic N) is 1. The standard InChI is InChI=1S/C15H20N2O2/c1-15(2,17-14(18)9-11-16)10-8-12-4-6-13(19-3)7-5-12/h4-7H,8-10H2,1-3H3,(H,17,18). The zero-order valence-corrected chi connectivity index (χ0v) is 11.7. The van der Waals surface area contributed by atoms with Crippen LogP contribution in [0.1, 0.15) is 32.3 Å². The lowest BCUT2D eigenvalue weighted by Gasteiger charge is -2.26. The average molecular weight is 260 g/mol. The molecule has 0 aromatic heterocycles. The Kier molecular flexibility index (Phi) is 5.37. The van der Waals surface area contributed by atoms with Gasteiger partial charge in [-0.3, -0.25) is 4.79 Å². The minimum Gasteiger partial charge on any atom is -0.497 e. The lowest BCUT2D eigenvalue weighted by atomic mass is 9.95. The predicted octanol–water partition coefficient (Wildman–Crippen LogP) is 2.44. The highest BCUT2D eigenvalue weighted by Gasteiger charge is 2.19. The Morgan fingerprint density at radius 2 is 2.00 bits per heavy atom. The summed E-state index contributed by atoms with van der Waals surface area (Å²) in [4.78, 5) is 11.4. The molecule has 102 valence electrons. The van der Waals surface area contributed by atoms with Crippen LogP contribution in [0.3, 0.4) is 0 Å². The molecular formula is C15H20N2O2. The molecule has 0 saturated heterocycles. The fourth-order valence-electron chi connectivity index (χ4n) is 1.80. The van der Waals surface area contributed by atoms with Crippen molar-refractivity contribution in [3.05, 3.63) is 29.8 Å². The van der Waals surface area contributed by atoms with Crippen LogP contribution < -0.4 is 10.1 Å². The fraction of sp³-hybridized carbons (Fsp3) is 0.467. The monoisotopic (exact) mass is 260 g/mol. The maximum absolute atomic E-state index is 11.4. The van der Waals surface area contributed by atoms with Crippen LogP contribution in [-0.2, 0) is 11.2 Å². The Morgan fingerprint density at radius 3 is 2.53 bits per heavy atom. The van der Waals surface area contributed by atoms with Crippen LogP contribution in [0.15, 0.2) is 24.3 Å². The molecule has 0 atom stereocenters. The number of ether oxygens (including phenoxy) is 1. The van der Waals surface area contributed by atoms with Crippen molar-refractivity contribution in [3.63, 3.8) is 0 Å². The van der Waals surface area contributed by atoms with Gasteiger partial charge in [0.25, 0.3) is 0 Å². The van der Waals surface area contributed by atoms with E-state index in [-0.39, 0.29) is 17.9 Å². The summed E-state index contributed by atoms with van der Waals surface area (Å²) in [6.07, 6.45) is 1.59. The number of benzene rings is 1. The molecule has 0 fully saturated rings. The Hall–Kier alpha value is -2.02. The first-order valence-electron chi connectivity index (χ1n) is 6.28. The minimum absolute atomic E-state index is 0.0913. The molecule has 0 radical (unpaired) electrons. The fourth-order valence-corrected chi connectivity index (χ4v) is 1.80. The highest BCUT2D eigenvalue weighted by molar-refractivity contribution is 5.78. The van der Waals surface area contributed by atoms with E-state index in [1.54, 1.807) is 7.11 Å². The van der Waals surface area contributed by atoms with Crippen LogP contribution in [-0.4, -0.2) is 18.6 Å². The van der Waals surface area contributed by atoms with Crippen molar-refractivity contribution in [1.82, 2.24) is 5.32 Å². The first-order valence-corrected chi connectivity index (χ1v) is 6.28. The summed E-state index contributed by atoms with van der Waals surface area (Å²) >= 11 is 0. The van der Waals surface area contributed by atoms with Gasteiger partial charge in [0, 0.05) is 5.54 Å². The molecule has 4 nitrogen and oxygen atoms in total. The number of aryl methyl sites for hydroxylation is 1. The zero-order chi connectivity index (χ0) is 14.3. The summed E-state index contributed by atoms with van der Waals surface area (Å²) in [7, 11) is 1.64. The lowest BCUT2D eigenvalue weighted by molar-refractivity contribution is -0.121. The molecule has 1 aromatic rings. The van der Waals surface area contributed by atoms with Crippen LogP contribution >= 0.6 is 0 Å². The lowest BCUT2D eigenvalue weighted by Crippen LogP contribution is -2.43. The second-order valence-corrected chi connectivity index (χ2v) is 5.12. The van der Waals surface area contributed by atoms with E-state index in [4.69, 9.17) is 10.00 Å². The van der Waals surface area contributed by atoms with Crippen molar-refractivity contribution in [1.29, 1.82) is 5.26 Å². The summed E-state index contributed by atoms with van der Waals surface area (Å²) in [5.74, 6) is 0.618. The molecule has 4 heteroatoms. The largest absolute Gasteiger partial charge is 0.497 e. The Bertz CT molecular complexity index is 458. The first-order chi connectivity index (χ1) is 8.96.